The number of fused-ring (bicyclic) bond motifs is 1. The number of nitrogens with one attached hydrogen (secondary N) is 1. The Morgan fingerprint density at radius 3 is 2.88 bits per heavy atom. The zero-order valence-electron chi connectivity index (χ0n) is 13.6. The standard InChI is InChI=1S/C18H16FN5O/c1-12-8-17(20-11-15-6-3-7-25-15)24-18(21-12)22-16(23-24)10-13-4-2-5-14(19)9-13/h2-9,20H,10-11H2,1H3. The first-order valence-corrected chi connectivity index (χ1v) is 7.91. The average molecular weight is 337 g/mol. The molecule has 0 atom stereocenters. The molecular formula is C18H16FN5O. The van der Waals surface area contributed by atoms with E-state index in [2.05, 4.69) is 20.4 Å². The van der Waals surface area contributed by atoms with Gasteiger partial charge in [0.1, 0.15) is 17.4 Å². The maximum atomic E-state index is 13.3. The van der Waals surface area contributed by atoms with Crippen LogP contribution in [0.3, 0.4) is 0 Å². The predicted molar refractivity (Wildman–Crippen MR) is 90.8 cm³/mol. The average Bonchev–Trinajstić information content (AvgIpc) is 3.21. The number of aryl methyl sites for hydroxylation is 1. The van der Waals surface area contributed by atoms with Gasteiger partial charge in [-0.3, -0.25) is 0 Å². The van der Waals surface area contributed by atoms with Gasteiger partial charge in [-0.15, -0.1) is 5.10 Å². The number of nitrogens with zero attached hydrogens (tertiary/aromatic N) is 4. The summed E-state index contributed by atoms with van der Waals surface area (Å²) in [5, 5.41) is 7.79. The lowest BCUT2D eigenvalue weighted by atomic mass is 10.1. The summed E-state index contributed by atoms with van der Waals surface area (Å²) < 4.78 is 20.3. The van der Waals surface area contributed by atoms with E-state index in [1.54, 1.807) is 16.8 Å². The molecule has 0 aliphatic heterocycles. The van der Waals surface area contributed by atoms with Crippen LogP contribution >= 0.6 is 0 Å². The molecule has 0 aliphatic rings. The van der Waals surface area contributed by atoms with E-state index in [9.17, 15) is 4.39 Å². The lowest BCUT2D eigenvalue weighted by molar-refractivity contribution is 0.517. The Kier molecular flexibility index (Phi) is 3.89. The molecule has 7 heteroatoms. The fourth-order valence-corrected chi connectivity index (χ4v) is 2.65. The van der Waals surface area contributed by atoms with Crippen molar-refractivity contribution >= 4 is 11.6 Å². The summed E-state index contributed by atoms with van der Waals surface area (Å²) in [6, 6.07) is 12.1. The summed E-state index contributed by atoms with van der Waals surface area (Å²) in [5.74, 6) is 2.42. The van der Waals surface area contributed by atoms with E-state index in [0.717, 1.165) is 22.8 Å². The molecular weight excluding hydrogens is 321 g/mol. The Morgan fingerprint density at radius 2 is 2.08 bits per heavy atom. The maximum absolute atomic E-state index is 13.3. The number of hydrogen-bond donors (Lipinski definition) is 1. The summed E-state index contributed by atoms with van der Waals surface area (Å²) in [4.78, 5) is 8.87. The predicted octanol–water partition coefficient (Wildman–Crippen LogP) is 3.37. The van der Waals surface area contributed by atoms with Crippen molar-refractivity contribution in [3.8, 4) is 0 Å². The lowest BCUT2D eigenvalue weighted by Crippen LogP contribution is -2.06. The molecule has 4 rings (SSSR count). The molecule has 25 heavy (non-hydrogen) atoms. The molecule has 0 radical (unpaired) electrons. The minimum atomic E-state index is -0.268. The summed E-state index contributed by atoms with van der Waals surface area (Å²) in [7, 11) is 0. The highest BCUT2D eigenvalue weighted by Gasteiger charge is 2.11. The molecule has 0 aliphatic carbocycles. The number of aromatic nitrogens is 4. The van der Waals surface area contributed by atoms with E-state index in [0.29, 0.717) is 24.6 Å². The van der Waals surface area contributed by atoms with Crippen molar-refractivity contribution < 1.29 is 8.81 Å². The van der Waals surface area contributed by atoms with Gasteiger partial charge < -0.3 is 9.73 Å². The van der Waals surface area contributed by atoms with Gasteiger partial charge in [-0.25, -0.2) is 9.37 Å². The van der Waals surface area contributed by atoms with Crippen LogP contribution in [0.5, 0.6) is 0 Å². The Morgan fingerprint density at radius 1 is 1.16 bits per heavy atom. The Labute approximate surface area is 143 Å². The van der Waals surface area contributed by atoms with Crippen molar-refractivity contribution in [2.75, 3.05) is 5.32 Å². The van der Waals surface area contributed by atoms with E-state index < -0.39 is 0 Å². The molecule has 0 saturated heterocycles. The smallest absolute Gasteiger partial charge is 0.254 e. The summed E-state index contributed by atoms with van der Waals surface area (Å²) in [6.45, 7) is 2.43. The van der Waals surface area contributed by atoms with Crippen molar-refractivity contribution in [2.45, 2.75) is 19.9 Å². The molecule has 0 saturated carbocycles. The van der Waals surface area contributed by atoms with Gasteiger partial charge in [-0.05, 0) is 36.8 Å². The van der Waals surface area contributed by atoms with E-state index >= 15 is 0 Å². The van der Waals surface area contributed by atoms with Crippen LogP contribution in [0, 0.1) is 12.7 Å². The van der Waals surface area contributed by atoms with E-state index in [-0.39, 0.29) is 5.82 Å². The van der Waals surface area contributed by atoms with Crippen LogP contribution < -0.4 is 5.32 Å². The maximum Gasteiger partial charge on any atom is 0.254 e. The Hall–Kier alpha value is -3.22. The topological polar surface area (TPSA) is 68.2 Å². The highest BCUT2D eigenvalue weighted by Crippen LogP contribution is 2.15. The number of hydrogen-bond acceptors (Lipinski definition) is 5. The van der Waals surface area contributed by atoms with E-state index in [1.807, 2.05) is 31.2 Å². The van der Waals surface area contributed by atoms with E-state index in [1.165, 1.54) is 12.1 Å². The Balaban J connectivity index is 1.63. The first-order chi connectivity index (χ1) is 12.2. The minimum absolute atomic E-state index is 0.268. The quantitative estimate of drug-likeness (QED) is 0.605. The third kappa shape index (κ3) is 3.35. The van der Waals surface area contributed by atoms with Gasteiger partial charge >= 0.3 is 0 Å². The highest BCUT2D eigenvalue weighted by atomic mass is 19.1. The van der Waals surface area contributed by atoms with E-state index in [4.69, 9.17) is 4.42 Å². The fraction of sp³-hybridized carbons (Fsp3) is 0.167. The molecule has 0 unspecified atom stereocenters. The van der Waals surface area contributed by atoms with Gasteiger partial charge in [-0.1, -0.05) is 12.1 Å². The third-order valence-corrected chi connectivity index (χ3v) is 3.76. The normalized spacial score (nSPS) is 11.1. The molecule has 4 aromatic rings. The molecule has 6 nitrogen and oxygen atoms in total. The van der Waals surface area contributed by atoms with Crippen molar-refractivity contribution in [1.82, 2.24) is 19.6 Å². The first-order valence-electron chi connectivity index (χ1n) is 7.91. The fourth-order valence-electron chi connectivity index (χ4n) is 2.65. The van der Waals surface area contributed by atoms with Gasteiger partial charge in [-0.2, -0.15) is 9.50 Å². The van der Waals surface area contributed by atoms with Crippen molar-refractivity contribution in [3.63, 3.8) is 0 Å². The van der Waals surface area contributed by atoms with Gasteiger partial charge in [0.05, 0.1) is 12.8 Å². The molecule has 1 aromatic carbocycles. The van der Waals surface area contributed by atoms with Crippen molar-refractivity contribution in [1.29, 1.82) is 0 Å². The SMILES string of the molecule is Cc1cc(NCc2ccco2)n2nc(Cc3cccc(F)c3)nc2n1. The van der Waals surface area contributed by atoms with Crippen LogP contribution in [0.25, 0.3) is 5.78 Å². The summed E-state index contributed by atoms with van der Waals surface area (Å²) in [5.41, 5.74) is 1.65. The molecule has 3 aromatic heterocycles. The van der Waals surface area contributed by atoms with Gasteiger partial charge in [0.2, 0.25) is 0 Å². The molecule has 3 heterocycles. The second-order valence-corrected chi connectivity index (χ2v) is 5.76. The monoisotopic (exact) mass is 337 g/mol. The van der Waals surface area contributed by atoms with Crippen molar-refractivity contribution in [2.24, 2.45) is 0 Å². The number of furan rings is 1. The number of anilines is 1. The Bertz CT molecular complexity index is 1010. The van der Waals surface area contributed by atoms with Gasteiger partial charge in [0, 0.05) is 18.2 Å². The first kappa shape index (κ1) is 15.3. The van der Waals surface area contributed by atoms with Crippen LogP contribution in [0.4, 0.5) is 10.2 Å². The minimum Gasteiger partial charge on any atom is -0.467 e. The lowest BCUT2D eigenvalue weighted by Gasteiger charge is -2.06. The van der Waals surface area contributed by atoms with Crippen LogP contribution in [0.15, 0.2) is 53.1 Å². The van der Waals surface area contributed by atoms with Crippen LogP contribution in [-0.2, 0) is 13.0 Å². The van der Waals surface area contributed by atoms with Crippen molar-refractivity contribution in [3.05, 3.63) is 77.4 Å². The summed E-state index contributed by atoms with van der Waals surface area (Å²) >= 11 is 0. The number of halogens is 1. The number of rotatable bonds is 5. The molecule has 1 N–H and O–H groups in total. The highest BCUT2D eigenvalue weighted by molar-refractivity contribution is 5.45. The van der Waals surface area contributed by atoms with Gasteiger partial charge in [0.25, 0.3) is 5.78 Å². The molecule has 0 spiro atoms. The zero-order valence-corrected chi connectivity index (χ0v) is 13.6. The third-order valence-electron chi connectivity index (χ3n) is 3.76. The largest absolute Gasteiger partial charge is 0.467 e. The van der Waals surface area contributed by atoms with Crippen LogP contribution in [-0.4, -0.2) is 19.6 Å². The zero-order chi connectivity index (χ0) is 17.2. The molecule has 0 bridgehead atoms. The van der Waals surface area contributed by atoms with Crippen LogP contribution in [0.1, 0.15) is 22.8 Å². The van der Waals surface area contributed by atoms with Gasteiger partial charge in [0.15, 0.2) is 5.82 Å². The molecule has 0 amide bonds. The second-order valence-electron chi connectivity index (χ2n) is 5.76. The molecule has 0 fully saturated rings. The second kappa shape index (κ2) is 6.35. The molecule has 126 valence electrons. The summed E-state index contributed by atoms with van der Waals surface area (Å²) in [6.07, 6.45) is 2.08. The van der Waals surface area contributed by atoms with Crippen LogP contribution in [0.2, 0.25) is 0 Å². The number of benzene rings is 1.